The molecule has 2 aromatic carbocycles. The maximum absolute atomic E-state index is 13.2. The first-order valence-electron chi connectivity index (χ1n) is 10.2. The van der Waals surface area contributed by atoms with Crippen molar-refractivity contribution in [3.05, 3.63) is 77.3 Å². The third-order valence-electron chi connectivity index (χ3n) is 5.11. The van der Waals surface area contributed by atoms with Crippen LogP contribution >= 0.6 is 22.7 Å². The monoisotopic (exact) mass is 447 g/mol. The van der Waals surface area contributed by atoms with Gasteiger partial charge in [0.2, 0.25) is 0 Å². The van der Waals surface area contributed by atoms with Gasteiger partial charge in [0.1, 0.15) is 11.4 Å². The van der Waals surface area contributed by atoms with Gasteiger partial charge in [-0.2, -0.15) is 0 Å². The van der Waals surface area contributed by atoms with Crippen molar-refractivity contribution < 1.29 is 9.53 Å². The largest absolute Gasteiger partial charge is 0.494 e. The van der Waals surface area contributed by atoms with Gasteiger partial charge in [-0.1, -0.05) is 41.7 Å². The van der Waals surface area contributed by atoms with Crippen LogP contribution in [0.5, 0.6) is 5.75 Å². The minimum atomic E-state index is -0.138. The summed E-state index contributed by atoms with van der Waals surface area (Å²) in [6.07, 6.45) is 0.863. The van der Waals surface area contributed by atoms with Crippen LogP contribution in [0.3, 0.4) is 0 Å². The van der Waals surface area contributed by atoms with Gasteiger partial charge in [0.05, 0.1) is 27.0 Å². The second-order valence-corrected chi connectivity index (χ2v) is 9.10. The predicted molar refractivity (Wildman–Crippen MR) is 129 cm³/mol. The molecule has 5 nitrogen and oxygen atoms in total. The first kappa shape index (κ1) is 19.8. The SMILES string of the molecule is CCOc1ccc2nc(NC(=O)c3cc4sccc4n3CCc3ccccc3)sc2c1. The summed E-state index contributed by atoms with van der Waals surface area (Å²) in [6.45, 7) is 3.32. The summed E-state index contributed by atoms with van der Waals surface area (Å²) in [5.41, 5.74) is 3.86. The van der Waals surface area contributed by atoms with E-state index in [0.717, 1.165) is 39.1 Å². The lowest BCUT2D eigenvalue weighted by molar-refractivity contribution is 0.101. The molecule has 0 aliphatic carbocycles. The first-order chi connectivity index (χ1) is 15.2. The number of hydrogen-bond donors (Lipinski definition) is 1. The molecule has 0 radical (unpaired) electrons. The lowest BCUT2D eigenvalue weighted by atomic mass is 10.1. The fraction of sp³-hybridized carbons (Fsp3) is 0.167. The highest BCUT2D eigenvalue weighted by Crippen LogP contribution is 2.31. The minimum Gasteiger partial charge on any atom is -0.494 e. The van der Waals surface area contributed by atoms with Crippen LogP contribution in [0.2, 0.25) is 0 Å². The fourth-order valence-electron chi connectivity index (χ4n) is 3.67. The molecule has 1 amide bonds. The Morgan fingerprint density at radius 1 is 1.10 bits per heavy atom. The van der Waals surface area contributed by atoms with Gasteiger partial charge in [-0.05, 0) is 54.6 Å². The number of benzene rings is 2. The molecule has 0 atom stereocenters. The topological polar surface area (TPSA) is 56.1 Å². The second kappa shape index (κ2) is 8.53. The number of amides is 1. The normalized spacial score (nSPS) is 11.3. The van der Waals surface area contributed by atoms with Crippen LogP contribution in [-0.4, -0.2) is 22.1 Å². The standard InChI is InChI=1S/C24H21N3O2S2/c1-2-29-17-8-9-18-21(14-17)31-24(25-18)26-23(28)20-15-22-19(11-13-30-22)27(20)12-10-16-6-4-3-5-7-16/h3-9,11,13-15H,2,10,12H2,1H3,(H,25,26,28). The number of rotatable bonds is 7. The number of nitrogens with one attached hydrogen (secondary N) is 1. The number of thiophene rings is 1. The first-order valence-corrected chi connectivity index (χ1v) is 11.9. The molecule has 7 heteroatoms. The Balaban J connectivity index is 1.40. The number of carbonyl (C=O) groups excluding carboxylic acids is 1. The van der Waals surface area contributed by atoms with E-state index in [-0.39, 0.29) is 5.91 Å². The Morgan fingerprint density at radius 2 is 1.97 bits per heavy atom. The molecular weight excluding hydrogens is 426 g/mol. The Morgan fingerprint density at radius 3 is 2.81 bits per heavy atom. The molecule has 5 aromatic rings. The molecule has 0 saturated heterocycles. The highest BCUT2D eigenvalue weighted by Gasteiger charge is 2.18. The molecule has 31 heavy (non-hydrogen) atoms. The van der Waals surface area contributed by atoms with E-state index in [4.69, 9.17) is 4.74 Å². The van der Waals surface area contributed by atoms with E-state index in [1.54, 1.807) is 11.3 Å². The Bertz CT molecular complexity index is 1350. The van der Waals surface area contributed by atoms with Crippen molar-refractivity contribution in [3.8, 4) is 5.75 Å². The van der Waals surface area contributed by atoms with Gasteiger partial charge < -0.3 is 9.30 Å². The van der Waals surface area contributed by atoms with Crippen molar-refractivity contribution in [2.24, 2.45) is 0 Å². The van der Waals surface area contributed by atoms with E-state index in [9.17, 15) is 4.79 Å². The van der Waals surface area contributed by atoms with Crippen LogP contribution in [0, 0.1) is 0 Å². The van der Waals surface area contributed by atoms with E-state index in [2.05, 4.69) is 38.4 Å². The van der Waals surface area contributed by atoms with Crippen molar-refractivity contribution in [2.45, 2.75) is 19.9 Å². The van der Waals surface area contributed by atoms with E-state index in [0.29, 0.717) is 17.4 Å². The number of hydrogen-bond acceptors (Lipinski definition) is 5. The highest BCUT2D eigenvalue weighted by molar-refractivity contribution is 7.22. The summed E-state index contributed by atoms with van der Waals surface area (Å²) in [7, 11) is 0. The summed E-state index contributed by atoms with van der Waals surface area (Å²) in [5, 5.41) is 5.65. The molecule has 0 bridgehead atoms. The lowest BCUT2D eigenvalue weighted by Gasteiger charge is -2.10. The number of thiazole rings is 1. The second-order valence-electron chi connectivity index (χ2n) is 7.12. The maximum Gasteiger partial charge on any atom is 0.274 e. The van der Waals surface area contributed by atoms with Gasteiger partial charge in [-0.15, -0.1) is 11.3 Å². The van der Waals surface area contributed by atoms with Gasteiger partial charge in [-0.25, -0.2) is 4.98 Å². The zero-order chi connectivity index (χ0) is 21.2. The number of ether oxygens (including phenoxy) is 1. The van der Waals surface area contributed by atoms with Gasteiger partial charge >= 0.3 is 0 Å². The molecule has 0 aliphatic heterocycles. The lowest BCUT2D eigenvalue weighted by Crippen LogP contribution is -2.17. The Kier molecular flexibility index (Phi) is 5.44. The molecule has 0 fully saturated rings. The number of anilines is 1. The van der Waals surface area contributed by atoms with Crippen LogP contribution in [0.25, 0.3) is 20.4 Å². The third kappa shape index (κ3) is 4.06. The molecule has 156 valence electrons. The van der Waals surface area contributed by atoms with Gasteiger partial charge in [-0.3, -0.25) is 10.1 Å². The number of aromatic nitrogens is 2. The number of fused-ring (bicyclic) bond motifs is 2. The van der Waals surface area contributed by atoms with Gasteiger partial charge in [0, 0.05) is 6.54 Å². The fourth-order valence-corrected chi connectivity index (χ4v) is 5.38. The molecule has 0 spiro atoms. The summed E-state index contributed by atoms with van der Waals surface area (Å²) in [5.74, 6) is 0.673. The molecular formula is C24H21N3O2S2. The molecule has 1 N–H and O–H groups in total. The van der Waals surface area contributed by atoms with Crippen LogP contribution in [0.15, 0.2) is 66.0 Å². The Labute approximate surface area is 187 Å². The number of aryl methyl sites for hydroxylation is 2. The maximum atomic E-state index is 13.2. The predicted octanol–water partition coefficient (Wildman–Crippen LogP) is 6.21. The van der Waals surface area contributed by atoms with Crippen molar-refractivity contribution in [3.63, 3.8) is 0 Å². The zero-order valence-electron chi connectivity index (χ0n) is 17.0. The highest BCUT2D eigenvalue weighted by atomic mass is 32.1. The van der Waals surface area contributed by atoms with Gasteiger partial charge in [0.15, 0.2) is 5.13 Å². The molecule has 0 aliphatic rings. The van der Waals surface area contributed by atoms with Gasteiger partial charge in [0.25, 0.3) is 5.91 Å². The molecule has 3 aromatic heterocycles. The number of nitrogens with zero attached hydrogens (tertiary/aromatic N) is 2. The smallest absolute Gasteiger partial charge is 0.274 e. The van der Waals surface area contributed by atoms with E-state index < -0.39 is 0 Å². The Hall–Kier alpha value is -3.16. The summed E-state index contributed by atoms with van der Waals surface area (Å²) < 4.78 is 9.78. The van der Waals surface area contributed by atoms with Crippen molar-refractivity contribution >= 4 is 54.1 Å². The molecule has 3 heterocycles. The van der Waals surface area contributed by atoms with Crippen LogP contribution in [0.4, 0.5) is 5.13 Å². The van der Waals surface area contributed by atoms with Crippen molar-refractivity contribution in [1.82, 2.24) is 9.55 Å². The van der Waals surface area contributed by atoms with E-state index in [1.807, 2.05) is 49.4 Å². The summed E-state index contributed by atoms with van der Waals surface area (Å²) >= 11 is 3.11. The summed E-state index contributed by atoms with van der Waals surface area (Å²) in [4.78, 5) is 17.7. The van der Waals surface area contributed by atoms with Crippen LogP contribution in [0.1, 0.15) is 23.0 Å². The third-order valence-corrected chi connectivity index (χ3v) is 6.90. The van der Waals surface area contributed by atoms with E-state index in [1.165, 1.54) is 16.9 Å². The molecule has 5 rings (SSSR count). The zero-order valence-corrected chi connectivity index (χ0v) is 18.6. The average Bonchev–Trinajstić information content (AvgIpc) is 3.47. The number of carbonyl (C=O) groups is 1. The minimum absolute atomic E-state index is 0.138. The van der Waals surface area contributed by atoms with E-state index >= 15 is 0 Å². The van der Waals surface area contributed by atoms with Crippen LogP contribution < -0.4 is 10.1 Å². The summed E-state index contributed by atoms with van der Waals surface area (Å²) in [6, 6.07) is 20.2. The average molecular weight is 448 g/mol. The van der Waals surface area contributed by atoms with Crippen LogP contribution in [-0.2, 0) is 13.0 Å². The quantitative estimate of drug-likeness (QED) is 0.323. The molecule has 0 saturated carbocycles. The molecule has 0 unspecified atom stereocenters. The van der Waals surface area contributed by atoms with Crippen molar-refractivity contribution in [1.29, 1.82) is 0 Å². The van der Waals surface area contributed by atoms with Crippen molar-refractivity contribution in [2.75, 3.05) is 11.9 Å².